The molecular weight excluding hydrogens is 548 g/mol. The van der Waals surface area contributed by atoms with Crippen molar-refractivity contribution in [3.05, 3.63) is 163 Å². The molecule has 3 nitrogen and oxygen atoms in total. The lowest BCUT2D eigenvalue weighted by Crippen LogP contribution is -2.16. The quantitative estimate of drug-likeness (QED) is 0.226. The van der Waals surface area contributed by atoms with Crippen molar-refractivity contribution in [2.75, 3.05) is 0 Å². The van der Waals surface area contributed by atoms with Crippen molar-refractivity contribution in [2.24, 2.45) is 0 Å². The Kier molecular flexibility index (Phi) is 5.80. The zero-order valence-corrected chi connectivity index (χ0v) is 24.4. The van der Waals surface area contributed by atoms with Gasteiger partial charge in [-0.1, -0.05) is 146 Å². The Morgan fingerprint density at radius 1 is 0.489 bits per heavy atom. The number of aliphatic hydroxyl groups is 1. The first kappa shape index (κ1) is 25.7. The topological polar surface area (TPSA) is 38.1 Å². The van der Waals surface area contributed by atoms with E-state index in [1.165, 1.54) is 0 Å². The van der Waals surface area contributed by atoms with E-state index in [0.717, 1.165) is 83.3 Å². The summed E-state index contributed by atoms with van der Waals surface area (Å²) < 4.78 is 2.03. The Bertz CT molecular complexity index is 2360. The van der Waals surface area contributed by atoms with Crippen LogP contribution in [-0.2, 0) is 0 Å². The Morgan fingerprint density at radius 3 is 1.64 bits per heavy atom. The number of benzene rings is 7. The molecule has 0 radical (unpaired) electrons. The molecule has 0 fully saturated rings. The van der Waals surface area contributed by atoms with Gasteiger partial charge in [0.1, 0.15) is 5.82 Å². The maximum atomic E-state index is 12.2. The van der Waals surface area contributed by atoms with Crippen LogP contribution in [0.15, 0.2) is 158 Å². The number of aliphatic hydroxyl groups excluding tert-OH is 1. The van der Waals surface area contributed by atoms with Crippen molar-refractivity contribution in [1.29, 1.82) is 0 Å². The number of aromatic nitrogens is 2. The van der Waals surface area contributed by atoms with Crippen molar-refractivity contribution in [2.45, 2.75) is 6.23 Å². The van der Waals surface area contributed by atoms with Gasteiger partial charge in [-0.25, -0.2) is 4.98 Å². The van der Waals surface area contributed by atoms with E-state index in [2.05, 4.69) is 140 Å². The smallest absolute Gasteiger partial charge is 0.159 e. The van der Waals surface area contributed by atoms with Gasteiger partial charge >= 0.3 is 0 Å². The molecule has 1 N–H and O–H groups in total. The van der Waals surface area contributed by atoms with Crippen LogP contribution in [0.5, 0.6) is 0 Å². The summed E-state index contributed by atoms with van der Waals surface area (Å²) in [6, 6.07) is 55.0. The van der Waals surface area contributed by atoms with Crippen molar-refractivity contribution in [1.82, 2.24) is 9.55 Å². The third-order valence-electron chi connectivity index (χ3n) is 9.12. The SMILES string of the molecule is OC1c2cccc3c(-c4ccccc4)ccc(c23)-c2nc3c(-c4ccccc4)c(-c4ccccc4)c(-c4ccccc4)cc3n21. The summed E-state index contributed by atoms with van der Waals surface area (Å²) >= 11 is 0. The number of hydrogen-bond donors (Lipinski definition) is 1. The highest BCUT2D eigenvalue weighted by molar-refractivity contribution is 6.11. The van der Waals surface area contributed by atoms with Gasteiger partial charge in [0.05, 0.1) is 11.0 Å². The summed E-state index contributed by atoms with van der Waals surface area (Å²) in [4.78, 5) is 5.43. The van der Waals surface area contributed by atoms with Crippen molar-refractivity contribution < 1.29 is 5.11 Å². The van der Waals surface area contributed by atoms with Crippen LogP contribution in [-0.4, -0.2) is 14.7 Å². The first-order valence-corrected chi connectivity index (χ1v) is 15.3. The van der Waals surface area contributed by atoms with E-state index in [9.17, 15) is 5.11 Å². The average molecular weight is 577 g/mol. The lowest BCUT2D eigenvalue weighted by atomic mass is 9.86. The Balaban J connectivity index is 1.42. The number of imidazole rings is 1. The predicted molar refractivity (Wildman–Crippen MR) is 185 cm³/mol. The highest BCUT2D eigenvalue weighted by Gasteiger charge is 2.31. The van der Waals surface area contributed by atoms with E-state index in [-0.39, 0.29) is 0 Å². The van der Waals surface area contributed by atoms with Gasteiger partial charge in [-0.3, -0.25) is 4.57 Å². The van der Waals surface area contributed by atoms with Crippen LogP contribution in [0.2, 0.25) is 0 Å². The van der Waals surface area contributed by atoms with Gasteiger partial charge in [0.15, 0.2) is 6.23 Å². The summed E-state index contributed by atoms with van der Waals surface area (Å²) in [6.07, 6.45) is -0.887. The van der Waals surface area contributed by atoms with E-state index in [1.807, 2.05) is 22.8 Å². The maximum absolute atomic E-state index is 12.2. The van der Waals surface area contributed by atoms with Crippen LogP contribution >= 0.6 is 0 Å². The van der Waals surface area contributed by atoms with Gasteiger partial charge in [-0.15, -0.1) is 0 Å². The monoisotopic (exact) mass is 576 g/mol. The molecular formula is C42H28N2O. The minimum Gasteiger partial charge on any atom is -0.369 e. The number of rotatable bonds is 4. The molecule has 0 bridgehead atoms. The van der Waals surface area contributed by atoms with E-state index in [1.54, 1.807) is 0 Å². The molecule has 8 aromatic rings. The Labute approximate surface area is 261 Å². The molecule has 1 unspecified atom stereocenters. The lowest BCUT2D eigenvalue weighted by molar-refractivity contribution is 0.152. The second-order valence-electron chi connectivity index (χ2n) is 11.6. The molecule has 0 aliphatic carbocycles. The second-order valence-corrected chi connectivity index (χ2v) is 11.6. The summed E-state index contributed by atoms with van der Waals surface area (Å²) in [7, 11) is 0. The van der Waals surface area contributed by atoms with Crippen LogP contribution < -0.4 is 0 Å². The average Bonchev–Trinajstić information content (AvgIpc) is 3.50. The fraction of sp³-hybridized carbons (Fsp3) is 0.0238. The second kappa shape index (κ2) is 10.2. The first-order chi connectivity index (χ1) is 22.3. The molecule has 0 saturated heterocycles. The minimum atomic E-state index is -0.887. The van der Waals surface area contributed by atoms with Crippen LogP contribution in [0, 0.1) is 0 Å². The van der Waals surface area contributed by atoms with Gasteiger partial charge in [0.25, 0.3) is 0 Å². The maximum Gasteiger partial charge on any atom is 0.159 e. The molecule has 212 valence electrons. The highest BCUT2D eigenvalue weighted by atomic mass is 16.3. The third kappa shape index (κ3) is 3.91. The first-order valence-electron chi connectivity index (χ1n) is 15.3. The van der Waals surface area contributed by atoms with Gasteiger partial charge in [0.2, 0.25) is 0 Å². The van der Waals surface area contributed by atoms with E-state index < -0.39 is 6.23 Å². The van der Waals surface area contributed by atoms with Crippen LogP contribution in [0.1, 0.15) is 11.8 Å². The van der Waals surface area contributed by atoms with Crippen molar-refractivity contribution in [3.8, 4) is 55.9 Å². The molecule has 1 aromatic heterocycles. The number of fused-ring (bicyclic) bond motifs is 4. The largest absolute Gasteiger partial charge is 0.369 e. The van der Waals surface area contributed by atoms with E-state index in [4.69, 9.17) is 4.98 Å². The number of nitrogens with zero attached hydrogens (tertiary/aromatic N) is 2. The summed E-state index contributed by atoms with van der Waals surface area (Å²) in [5.41, 5.74) is 12.6. The molecule has 1 aliphatic heterocycles. The Morgan fingerprint density at radius 2 is 1.02 bits per heavy atom. The Hall–Kier alpha value is -5.77. The molecule has 1 aliphatic rings. The van der Waals surface area contributed by atoms with Gasteiger partial charge in [-0.2, -0.15) is 0 Å². The lowest BCUT2D eigenvalue weighted by Gasteiger charge is -2.26. The normalized spacial score (nSPS) is 13.7. The fourth-order valence-electron chi connectivity index (χ4n) is 7.15. The molecule has 45 heavy (non-hydrogen) atoms. The van der Waals surface area contributed by atoms with Crippen molar-refractivity contribution in [3.63, 3.8) is 0 Å². The van der Waals surface area contributed by atoms with Crippen LogP contribution in [0.25, 0.3) is 77.7 Å². The molecule has 0 saturated carbocycles. The molecule has 1 atom stereocenters. The standard InChI is InChI=1S/C42H28N2O/c45-42-34-23-13-22-32-31(27-14-5-1-6-15-27)24-25-33(39(32)34)41-43-40-36(44(41)42)26-35(28-16-7-2-8-17-28)37(29-18-9-3-10-19-29)38(40)30-20-11-4-12-21-30/h1-26,42,45H. The van der Waals surface area contributed by atoms with E-state index in [0.29, 0.717) is 0 Å². The zero-order valence-electron chi connectivity index (χ0n) is 24.4. The minimum absolute atomic E-state index is 0.780. The summed E-state index contributed by atoms with van der Waals surface area (Å²) in [6.45, 7) is 0. The highest BCUT2D eigenvalue weighted by Crippen LogP contribution is 2.49. The van der Waals surface area contributed by atoms with Gasteiger partial charge < -0.3 is 5.11 Å². The van der Waals surface area contributed by atoms with Crippen LogP contribution in [0.4, 0.5) is 0 Å². The predicted octanol–water partition coefficient (Wildman–Crippen LogP) is 10.4. The van der Waals surface area contributed by atoms with Crippen LogP contribution in [0.3, 0.4) is 0 Å². The summed E-state index contributed by atoms with van der Waals surface area (Å²) in [5, 5.41) is 14.4. The molecule has 9 rings (SSSR count). The zero-order chi connectivity index (χ0) is 29.9. The summed E-state index contributed by atoms with van der Waals surface area (Å²) in [5.74, 6) is 0.780. The third-order valence-corrected chi connectivity index (χ3v) is 9.12. The molecule has 7 aromatic carbocycles. The molecule has 0 amide bonds. The van der Waals surface area contributed by atoms with Gasteiger partial charge in [0, 0.05) is 22.1 Å². The van der Waals surface area contributed by atoms with Gasteiger partial charge in [-0.05, 0) is 56.5 Å². The molecule has 3 heteroatoms. The fourth-order valence-corrected chi connectivity index (χ4v) is 7.15. The van der Waals surface area contributed by atoms with E-state index >= 15 is 0 Å². The number of hydrogen-bond acceptors (Lipinski definition) is 2. The molecule has 0 spiro atoms. The molecule has 2 heterocycles. The van der Waals surface area contributed by atoms with Crippen molar-refractivity contribution >= 4 is 21.8 Å².